The third kappa shape index (κ3) is 4.73. The molecule has 24 heavy (non-hydrogen) atoms. The number of ether oxygens (including phenoxy) is 2. The van der Waals surface area contributed by atoms with E-state index in [-0.39, 0.29) is 12.0 Å². The number of carbonyl (C=O) groups is 1. The van der Waals surface area contributed by atoms with Crippen LogP contribution >= 0.6 is 11.6 Å². The lowest BCUT2D eigenvalue weighted by Crippen LogP contribution is -2.13. The molecule has 1 amide bonds. The summed E-state index contributed by atoms with van der Waals surface area (Å²) >= 11 is 6.00. The Bertz CT molecular complexity index is 729. The number of rotatable bonds is 6. The molecule has 0 radical (unpaired) electrons. The van der Waals surface area contributed by atoms with Gasteiger partial charge in [0, 0.05) is 21.8 Å². The van der Waals surface area contributed by atoms with Gasteiger partial charge in [-0.05, 0) is 56.7 Å². The minimum Gasteiger partial charge on any atom is -0.496 e. The number of benzene rings is 2. The van der Waals surface area contributed by atoms with Gasteiger partial charge in [0.25, 0.3) is 5.91 Å². The van der Waals surface area contributed by atoms with E-state index in [0.717, 1.165) is 11.1 Å². The molecule has 0 atom stereocenters. The van der Waals surface area contributed by atoms with Gasteiger partial charge in [0.15, 0.2) is 0 Å². The average molecular weight is 348 g/mol. The molecule has 4 nitrogen and oxygen atoms in total. The lowest BCUT2D eigenvalue weighted by atomic mass is 10.1. The molecule has 2 rings (SSSR count). The van der Waals surface area contributed by atoms with Crippen LogP contribution in [0.25, 0.3) is 0 Å². The van der Waals surface area contributed by atoms with Crippen molar-refractivity contribution in [1.82, 2.24) is 0 Å². The Balaban J connectivity index is 2.22. The molecule has 0 aliphatic heterocycles. The van der Waals surface area contributed by atoms with Crippen molar-refractivity contribution in [2.75, 3.05) is 12.4 Å². The summed E-state index contributed by atoms with van der Waals surface area (Å²) < 4.78 is 11.0. The monoisotopic (exact) mass is 347 g/mol. The van der Waals surface area contributed by atoms with Crippen molar-refractivity contribution in [3.8, 4) is 5.75 Å². The molecule has 0 unspecified atom stereocenters. The summed E-state index contributed by atoms with van der Waals surface area (Å²) in [6, 6.07) is 10.7. The molecule has 128 valence electrons. The van der Waals surface area contributed by atoms with E-state index >= 15 is 0 Å². The Labute approximate surface area is 147 Å². The molecule has 0 aliphatic carbocycles. The highest BCUT2D eigenvalue weighted by atomic mass is 35.5. The zero-order valence-electron chi connectivity index (χ0n) is 14.4. The van der Waals surface area contributed by atoms with Gasteiger partial charge in [0.05, 0.1) is 19.8 Å². The number of halogens is 1. The van der Waals surface area contributed by atoms with Crippen molar-refractivity contribution < 1.29 is 14.3 Å². The van der Waals surface area contributed by atoms with Crippen molar-refractivity contribution in [3.05, 3.63) is 58.1 Å². The quantitative estimate of drug-likeness (QED) is 0.813. The summed E-state index contributed by atoms with van der Waals surface area (Å²) in [6.45, 7) is 6.23. The molecule has 0 bridgehead atoms. The summed E-state index contributed by atoms with van der Waals surface area (Å²) in [5.41, 5.74) is 3.02. The van der Waals surface area contributed by atoms with Crippen LogP contribution in [0.4, 0.5) is 5.69 Å². The van der Waals surface area contributed by atoms with Crippen LogP contribution in [0.15, 0.2) is 36.4 Å². The van der Waals surface area contributed by atoms with Gasteiger partial charge in [0.1, 0.15) is 5.75 Å². The van der Waals surface area contributed by atoms with E-state index in [2.05, 4.69) is 5.32 Å². The molecule has 0 saturated heterocycles. The number of methoxy groups -OCH3 is 1. The standard InChI is InChI=1S/C19H22ClNO3/c1-12(2)24-11-15-9-14(6-8-18(15)23-4)19(22)21-17-10-16(20)7-5-13(17)3/h5-10,12H,11H2,1-4H3,(H,21,22). The molecule has 2 aromatic rings. The summed E-state index contributed by atoms with van der Waals surface area (Å²) in [7, 11) is 1.60. The average Bonchev–Trinajstić information content (AvgIpc) is 2.55. The Kier molecular flexibility index (Phi) is 6.23. The fourth-order valence-electron chi connectivity index (χ4n) is 2.21. The Morgan fingerprint density at radius 2 is 1.96 bits per heavy atom. The number of hydrogen-bond acceptors (Lipinski definition) is 3. The Hall–Kier alpha value is -2.04. The highest BCUT2D eigenvalue weighted by Crippen LogP contribution is 2.24. The van der Waals surface area contributed by atoms with E-state index < -0.39 is 0 Å². The smallest absolute Gasteiger partial charge is 0.255 e. The second-order valence-electron chi connectivity index (χ2n) is 5.80. The molecule has 0 spiro atoms. The first-order valence-electron chi connectivity index (χ1n) is 7.76. The van der Waals surface area contributed by atoms with Gasteiger partial charge in [0.2, 0.25) is 0 Å². The largest absolute Gasteiger partial charge is 0.496 e. The van der Waals surface area contributed by atoms with Gasteiger partial charge in [-0.25, -0.2) is 0 Å². The number of hydrogen-bond donors (Lipinski definition) is 1. The molecule has 5 heteroatoms. The molecule has 2 aromatic carbocycles. The zero-order valence-corrected chi connectivity index (χ0v) is 15.1. The zero-order chi connectivity index (χ0) is 17.7. The predicted molar refractivity (Wildman–Crippen MR) is 97.1 cm³/mol. The van der Waals surface area contributed by atoms with Crippen molar-refractivity contribution in [2.45, 2.75) is 33.5 Å². The van der Waals surface area contributed by atoms with Crippen LogP contribution in [0, 0.1) is 6.92 Å². The van der Waals surface area contributed by atoms with Crippen LogP contribution in [0.1, 0.15) is 35.3 Å². The fourth-order valence-corrected chi connectivity index (χ4v) is 2.38. The molecule has 0 heterocycles. The van der Waals surface area contributed by atoms with Crippen molar-refractivity contribution >= 4 is 23.2 Å². The highest BCUT2D eigenvalue weighted by molar-refractivity contribution is 6.31. The molecule has 1 N–H and O–H groups in total. The summed E-state index contributed by atoms with van der Waals surface area (Å²) in [5, 5.41) is 3.47. The van der Waals surface area contributed by atoms with Crippen LogP contribution in [0.5, 0.6) is 5.75 Å². The van der Waals surface area contributed by atoms with Gasteiger partial charge >= 0.3 is 0 Å². The topological polar surface area (TPSA) is 47.6 Å². The third-order valence-corrected chi connectivity index (χ3v) is 3.80. The Morgan fingerprint density at radius 1 is 1.21 bits per heavy atom. The van der Waals surface area contributed by atoms with E-state index in [1.54, 1.807) is 37.4 Å². The predicted octanol–water partition coefficient (Wildman–Crippen LogP) is 4.83. The second kappa shape index (κ2) is 8.18. The van der Waals surface area contributed by atoms with Gasteiger partial charge in [-0.3, -0.25) is 4.79 Å². The van der Waals surface area contributed by atoms with Crippen molar-refractivity contribution in [3.63, 3.8) is 0 Å². The van der Waals surface area contributed by atoms with Crippen LogP contribution in [0.3, 0.4) is 0 Å². The number of aryl methyl sites for hydroxylation is 1. The maximum atomic E-state index is 12.5. The van der Waals surface area contributed by atoms with Gasteiger partial charge in [-0.15, -0.1) is 0 Å². The highest BCUT2D eigenvalue weighted by Gasteiger charge is 2.12. The first-order valence-corrected chi connectivity index (χ1v) is 8.14. The van der Waals surface area contributed by atoms with E-state index in [4.69, 9.17) is 21.1 Å². The summed E-state index contributed by atoms with van der Waals surface area (Å²) in [5.74, 6) is 0.500. The normalized spacial score (nSPS) is 10.8. The number of amides is 1. The molecule has 0 aromatic heterocycles. The molecular weight excluding hydrogens is 326 g/mol. The summed E-state index contributed by atoms with van der Waals surface area (Å²) in [4.78, 5) is 12.5. The van der Waals surface area contributed by atoms with Gasteiger partial charge < -0.3 is 14.8 Å². The van der Waals surface area contributed by atoms with Gasteiger partial charge in [-0.2, -0.15) is 0 Å². The Morgan fingerprint density at radius 3 is 2.62 bits per heavy atom. The minimum atomic E-state index is -0.200. The SMILES string of the molecule is COc1ccc(C(=O)Nc2cc(Cl)ccc2C)cc1COC(C)C. The van der Waals surface area contributed by atoms with Crippen molar-refractivity contribution in [2.24, 2.45) is 0 Å². The molecule has 0 saturated carbocycles. The first kappa shape index (κ1) is 18.3. The lowest BCUT2D eigenvalue weighted by Gasteiger charge is -2.14. The molecule has 0 aliphatic rings. The fraction of sp³-hybridized carbons (Fsp3) is 0.316. The van der Waals surface area contributed by atoms with E-state index in [1.807, 2.05) is 26.8 Å². The third-order valence-electron chi connectivity index (χ3n) is 3.56. The van der Waals surface area contributed by atoms with E-state index in [0.29, 0.717) is 28.6 Å². The summed E-state index contributed by atoms with van der Waals surface area (Å²) in [6.07, 6.45) is 0.0984. The first-order chi connectivity index (χ1) is 11.4. The molecular formula is C19H22ClNO3. The van der Waals surface area contributed by atoms with Crippen LogP contribution in [-0.2, 0) is 11.3 Å². The second-order valence-corrected chi connectivity index (χ2v) is 6.24. The lowest BCUT2D eigenvalue weighted by molar-refractivity contribution is 0.0644. The number of nitrogens with one attached hydrogen (secondary N) is 1. The molecule has 0 fully saturated rings. The van der Waals surface area contributed by atoms with Gasteiger partial charge in [-0.1, -0.05) is 17.7 Å². The van der Waals surface area contributed by atoms with E-state index in [1.165, 1.54) is 0 Å². The van der Waals surface area contributed by atoms with Crippen molar-refractivity contribution in [1.29, 1.82) is 0 Å². The number of anilines is 1. The maximum absolute atomic E-state index is 12.5. The van der Waals surface area contributed by atoms with E-state index in [9.17, 15) is 4.79 Å². The van der Waals surface area contributed by atoms with Crippen LogP contribution in [-0.4, -0.2) is 19.1 Å². The van der Waals surface area contributed by atoms with Crippen LogP contribution < -0.4 is 10.1 Å². The maximum Gasteiger partial charge on any atom is 0.255 e. The van der Waals surface area contributed by atoms with Crippen LogP contribution in [0.2, 0.25) is 5.02 Å². The number of carbonyl (C=O) groups excluding carboxylic acids is 1. The minimum absolute atomic E-state index is 0.0984.